The second-order valence-electron chi connectivity index (χ2n) is 8.85. The van der Waals surface area contributed by atoms with Crippen LogP contribution in [0.2, 0.25) is 0 Å². The fourth-order valence-corrected chi connectivity index (χ4v) is 4.63. The van der Waals surface area contributed by atoms with E-state index in [0.29, 0.717) is 6.04 Å². The van der Waals surface area contributed by atoms with Gasteiger partial charge in [0.15, 0.2) is 0 Å². The molecule has 0 spiro atoms. The molecule has 2 fully saturated rings. The van der Waals surface area contributed by atoms with Gasteiger partial charge in [-0.15, -0.1) is 0 Å². The molecule has 32 heavy (non-hydrogen) atoms. The summed E-state index contributed by atoms with van der Waals surface area (Å²) >= 11 is 0. The molecule has 1 aliphatic heterocycles. The number of benzene rings is 1. The topological polar surface area (TPSA) is 72.4 Å². The van der Waals surface area contributed by atoms with Crippen LogP contribution in [0.4, 0.5) is 11.4 Å². The summed E-state index contributed by atoms with van der Waals surface area (Å²) in [6.07, 6.45) is 9.77. The van der Waals surface area contributed by atoms with Gasteiger partial charge in [0.05, 0.1) is 36.2 Å². The van der Waals surface area contributed by atoms with Gasteiger partial charge in [-0.2, -0.15) is 0 Å². The average Bonchev–Trinajstić information content (AvgIpc) is 2.83. The second kappa shape index (κ2) is 9.28. The van der Waals surface area contributed by atoms with Crippen LogP contribution < -0.4 is 15.0 Å². The van der Waals surface area contributed by atoms with Crippen LogP contribution in [0.15, 0.2) is 36.8 Å². The summed E-state index contributed by atoms with van der Waals surface area (Å²) in [6.45, 7) is 7.42. The van der Waals surface area contributed by atoms with E-state index in [1.807, 2.05) is 6.20 Å². The summed E-state index contributed by atoms with van der Waals surface area (Å²) < 4.78 is 12.1. The first kappa shape index (κ1) is 20.9. The second-order valence-corrected chi connectivity index (χ2v) is 8.85. The number of aryl methyl sites for hydroxylation is 2. The van der Waals surface area contributed by atoms with Gasteiger partial charge in [-0.05, 0) is 57.2 Å². The zero-order valence-electron chi connectivity index (χ0n) is 18.9. The Morgan fingerprint density at radius 3 is 2.56 bits per heavy atom. The predicted molar refractivity (Wildman–Crippen MR) is 127 cm³/mol. The van der Waals surface area contributed by atoms with E-state index in [4.69, 9.17) is 9.47 Å². The van der Waals surface area contributed by atoms with Crippen LogP contribution in [0.1, 0.15) is 36.9 Å². The van der Waals surface area contributed by atoms with Crippen LogP contribution in [-0.2, 0) is 4.74 Å². The van der Waals surface area contributed by atoms with E-state index in [-0.39, 0.29) is 6.10 Å². The first-order valence-electron chi connectivity index (χ1n) is 11.6. The predicted octanol–water partition coefficient (Wildman–Crippen LogP) is 4.28. The number of nitrogens with zero attached hydrogens (tertiary/aromatic N) is 4. The molecule has 1 aliphatic carbocycles. The molecule has 0 amide bonds. The Labute approximate surface area is 189 Å². The van der Waals surface area contributed by atoms with Crippen LogP contribution in [0, 0.1) is 13.8 Å². The van der Waals surface area contributed by atoms with Crippen molar-refractivity contribution in [2.75, 3.05) is 36.5 Å². The quantitative estimate of drug-likeness (QED) is 0.644. The maximum Gasteiger partial charge on any atom is 0.149 e. The Balaban J connectivity index is 1.28. The van der Waals surface area contributed by atoms with E-state index in [1.54, 1.807) is 12.4 Å². The number of aromatic nitrogens is 3. The van der Waals surface area contributed by atoms with E-state index in [0.717, 1.165) is 85.8 Å². The number of morpholine rings is 1. The maximum atomic E-state index is 6.54. The van der Waals surface area contributed by atoms with Crippen molar-refractivity contribution in [1.82, 2.24) is 15.0 Å². The zero-order chi connectivity index (χ0) is 21.9. The minimum Gasteiger partial charge on any atom is -0.488 e. The summed E-state index contributed by atoms with van der Waals surface area (Å²) in [5.74, 6) is 0.840. The molecule has 0 bridgehead atoms. The van der Waals surface area contributed by atoms with Crippen LogP contribution in [0.3, 0.4) is 0 Å². The van der Waals surface area contributed by atoms with Gasteiger partial charge in [0, 0.05) is 49.5 Å². The molecule has 2 aromatic heterocycles. The first-order valence-corrected chi connectivity index (χ1v) is 11.6. The summed E-state index contributed by atoms with van der Waals surface area (Å²) in [4.78, 5) is 15.9. The number of hydrogen-bond donors (Lipinski definition) is 1. The van der Waals surface area contributed by atoms with E-state index < -0.39 is 0 Å². The average molecular weight is 434 g/mol. The lowest BCUT2D eigenvalue weighted by Crippen LogP contribution is -2.36. The van der Waals surface area contributed by atoms with Crippen molar-refractivity contribution < 1.29 is 9.47 Å². The van der Waals surface area contributed by atoms with E-state index in [9.17, 15) is 0 Å². The molecule has 0 atom stereocenters. The van der Waals surface area contributed by atoms with Crippen LogP contribution in [0.5, 0.6) is 5.75 Å². The van der Waals surface area contributed by atoms with Gasteiger partial charge in [-0.3, -0.25) is 9.97 Å². The molecule has 1 saturated carbocycles. The maximum absolute atomic E-state index is 6.54. The summed E-state index contributed by atoms with van der Waals surface area (Å²) in [7, 11) is 0. The molecular weight excluding hydrogens is 402 g/mol. The Hall–Kier alpha value is -2.93. The molecule has 0 radical (unpaired) electrons. The number of hydrogen-bond acceptors (Lipinski definition) is 7. The van der Waals surface area contributed by atoms with Crippen molar-refractivity contribution in [2.24, 2.45) is 0 Å². The number of anilines is 2. The van der Waals surface area contributed by atoms with Crippen LogP contribution in [-0.4, -0.2) is 53.4 Å². The van der Waals surface area contributed by atoms with Gasteiger partial charge in [-0.1, -0.05) is 0 Å². The Bertz CT molecular complexity index is 1080. The minimum absolute atomic E-state index is 0.190. The molecule has 5 rings (SSSR count). The number of ether oxygens (including phenoxy) is 2. The van der Waals surface area contributed by atoms with E-state index in [2.05, 4.69) is 57.2 Å². The fourth-order valence-electron chi connectivity index (χ4n) is 4.63. The lowest BCUT2D eigenvalue weighted by atomic mass is 9.92. The van der Waals surface area contributed by atoms with Gasteiger partial charge in [-0.25, -0.2) is 4.98 Å². The third-order valence-corrected chi connectivity index (χ3v) is 6.45. The third-order valence-electron chi connectivity index (χ3n) is 6.45. The lowest BCUT2D eigenvalue weighted by Gasteiger charge is -2.32. The smallest absolute Gasteiger partial charge is 0.149 e. The Morgan fingerprint density at radius 1 is 0.969 bits per heavy atom. The minimum atomic E-state index is 0.190. The SMILES string of the molecule is Cc1cnc(C)c(NC2CCC(Oc3cc(N4CCOCC4)cc4nccnc34)CC2)c1. The highest BCUT2D eigenvalue weighted by molar-refractivity contribution is 5.85. The van der Waals surface area contributed by atoms with Crippen molar-refractivity contribution in [2.45, 2.75) is 51.7 Å². The van der Waals surface area contributed by atoms with Crippen LogP contribution in [0.25, 0.3) is 11.0 Å². The highest BCUT2D eigenvalue weighted by atomic mass is 16.5. The molecule has 168 valence electrons. The molecular formula is C25H31N5O2. The highest BCUT2D eigenvalue weighted by Crippen LogP contribution is 2.33. The normalized spacial score (nSPS) is 21.5. The Kier molecular flexibility index (Phi) is 6.08. The van der Waals surface area contributed by atoms with Crippen molar-refractivity contribution in [3.05, 3.63) is 48.0 Å². The van der Waals surface area contributed by atoms with Gasteiger partial charge >= 0.3 is 0 Å². The largest absolute Gasteiger partial charge is 0.488 e. The van der Waals surface area contributed by atoms with Crippen molar-refractivity contribution in [1.29, 1.82) is 0 Å². The van der Waals surface area contributed by atoms with E-state index in [1.165, 1.54) is 5.56 Å². The standard InChI is InChI=1S/C25H31N5O2/c1-17-13-22(18(2)28-16-17)29-19-3-5-21(6-4-19)32-24-15-20(30-9-11-31-12-10-30)14-23-25(24)27-8-7-26-23/h7-8,13-16,19,21,29H,3-6,9-12H2,1-2H3. The monoisotopic (exact) mass is 433 g/mol. The first-order chi connectivity index (χ1) is 15.7. The molecule has 0 unspecified atom stereocenters. The summed E-state index contributed by atoms with van der Waals surface area (Å²) in [5, 5.41) is 3.70. The molecule has 1 N–H and O–H groups in total. The van der Waals surface area contributed by atoms with Gasteiger partial charge < -0.3 is 19.7 Å². The zero-order valence-corrected chi connectivity index (χ0v) is 18.9. The number of pyridine rings is 1. The molecule has 7 nitrogen and oxygen atoms in total. The molecule has 1 saturated heterocycles. The molecule has 3 aromatic rings. The Morgan fingerprint density at radius 2 is 1.75 bits per heavy atom. The molecule has 3 heterocycles. The number of fused-ring (bicyclic) bond motifs is 1. The molecule has 1 aromatic carbocycles. The number of rotatable bonds is 5. The number of nitrogens with one attached hydrogen (secondary N) is 1. The molecule has 2 aliphatic rings. The third kappa shape index (κ3) is 4.63. The van der Waals surface area contributed by atoms with Crippen LogP contribution >= 0.6 is 0 Å². The molecule has 7 heteroatoms. The fraction of sp³-hybridized carbons (Fsp3) is 0.480. The van der Waals surface area contributed by atoms with Gasteiger partial charge in [0.2, 0.25) is 0 Å². The summed E-state index contributed by atoms with van der Waals surface area (Å²) in [5.41, 5.74) is 6.24. The lowest BCUT2D eigenvalue weighted by molar-refractivity contribution is 0.122. The van der Waals surface area contributed by atoms with Crippen molar-refractivity contribution >= 4 is 22.4 Å². The van der Waals surface area contributed by atoms with Gasteiger partial charge in [0.1, 0.15) is 11.3 Å². The van der Waals surface area contributed by atoms with Crippen molar-refractivity contribution in [3.8, 4) is 5.75 Å². The van der Waals surface area contributed by atoms with Gasteiger partial charge in [0.25, 0.3) is 0 Å². The van der Waals surface area contributed by atoms with E-state index >= 15 is 0 Å². The highest BCUT2D eigenvalue weighted by Gasteiger charge is 2.24. The summed E-state index contributed by atoms with van der Waals surface area (Å²) in [6, 6.07) is 6.88. The van der Waals surface area contributed by atoms with Crippen molar-refractivity contribution in [3.63, 3.8) is 0 Å².